The van der Waals surface area contributed by atoms with Gasteiger partial charge in [0, 0.05) is 11.4 Å². The number of hydrogen-bond acceptors (Lipinski definition) is 3. The van der Waals surface area contributed by atoms with Crippen LogP contribution in [0.15, 0.2) is 22.8 Å². The highest BCUT2D eigenvalue weighted by molar-refractivity contribution is 9.10. The predicted molar refractivity (Wildman–Crippen MR) is 89.7 cm³/mol. The molecule has 0 saturated heterocycles. The van der Waals surface area contributed by atoms with E-state index in [9.17, 15) is 0 Å². The minimum absolute atomic E-state index is 0.135. The molecule has 110 valence electrons. The highest BCUT2D eigenvalue weighted by Crippen LogP contribution is 2.34. The lowest BCUT2D eigenvalue weighted by molar-refractivity contribution is 0.514. The summed E-state index contributed by atoms with van der Waals surface area (Å²) in [5.41, 5.74) is 1.18. The average molecular weight is 377 g/mol. The number of thiophene rings is 1. The van der Waals surface area contributed by atoms with Crippen molar-refractivity contribution in [2.24, 2.45) is 0 Å². The second-order valence-electron chi connectivity index (χ2n) is 4.63. The fourth-order valence-corrected chi connectivity index (χ4v) is 3.82. The van der Waals surface area contributed by atoms with Crippen molar-refractivity contribution in [1.82, 2.24) is 15.1 Å². The molecular weight excluding hydrogens is 358 g/mol. The van der Waals surface area contributed by atoms with Crippen molar-refractivity contribution in [1.29, 1.82) is 0 Å². The number of aryl methyl sites for hydroxylation is 1. The zero-order valence-electron chi connectivity index (χ0n) is 11.7. The maximum absolute atomic E-state index is 6.10. The smallest absolute Gasteiger partial charge is 0.0931 e. The van der Waals surface area contributed by atoms with Crippen molar-refractivity contribution < 1.29 is 0 Å². The van der Waals surface area contributed by atoms with Gasteiger partial charge in [0.15, 0.2) is 0 Å². The first-order chi connectivity index (χ1) is 9.67. The van der Waals surface area contributed by atoms with E-state index in [-0.39, 0.29) is 6.04 Å². The molecule has 0 radical (unpaired) electrons. The van der Waals surface area contributed by atoms with Gasteiger partial charge in [-0.15, -0.1) is 11.3 Å². The van der Waals surface area contributed by atoms with Gasteiger partial charge in [0.1, 0.15) is 0 Å². The van der Waals surface area contributed by atoms with Crippen molar-refractivity contribution in [2.75, 3.05) is 6.54 Å². The summed E-state index contributed by atoms with van der Waals surface area (Å²) in [5.74, 6) is 0. The minimum atomic E-state index is 0.135. The second-order valence-corrected chi connectivity index (χ2v) is 7.23. The van der Waals surface area contributed by atoms with Crippen molar-refractivity contribution >= 4 is 38.9 Å². The lowest BCUT2D eigenvalue weighted by Crippen LogP contribution is -2.25. The molecule has 1 unspecified atom stereocenters. The SMILES string of the molecule is CCCNC(c1ccc(Cl)s1)c1c(Br)cnn1CCC. The van der Waals surface area contributed by atoms with Crippen molar-refractivity contribution in [3.05, 3.63) is 37.7 Å². The topological polar surface area (TPSA) is 29.9 Å². The Hall–Kier alpha value is -0.360. The zero-order chi connectivity index (χ0) is 14.5. The zero-order valence-corrected chi connectivity index (χ0v) is 14.9. The van der Waals surface area contributed by atoms with E-state index in [0.29, 0.717) is 0 Å². The van der Waals surface area contributed by atoms with Gasteiger partial charge in [-0.3, -0.25) is 4.68 Å². The van der Waals surface area contributed by atoms with Crippen LogP contribution in [0, 0.1) is 0 Å². The first kappa shape index (κ1) is 16.0. The molecule has 20 heavy (non-hydrogen) atoms. The van der Waals surface area contributed by atoms with Crippen LogP contribution in [0.2, 0.25) is 4.34 Å². The van der Waals surface area contributed by atoms with Crippen LogP contribution < -0.4 is 5.32 Å². The summed E-state index contributed by atoms with van der Waals surface area (Å²) < 4.78 is 3.94. The highest BCUT2D eigenvalue weighted by atomic mass is 79.9. The molecule has 0 aromatic carbocycles. The van der Waals surface area contributed by atoms with Crippen LogP contribution >= 0.6 is 38.9 Å². The Morgan fingerprint density at radius 1 is 1.40 bits per heavy atom. The third-order valence-corrected chi connectivity index (χ3v) is 4.93. The molecule has 0 saturated carbocycles. The van der Waals surface area contributed by atoms with Crippen molar-refractivity contribution in [2.45, 2.75) is 39.3 Å². The van der Waals surface area contributed by atoms with Crippen LogP contribution in [-0.4, -0.2) is 16.3 Å². The quantitative estimate of drug-likeness (QED) is 0.748. The summed E-state index contributed by atoms with van der Waals surface area (Å²) in [6.07, 6.45) is 4.03. The normalized spacial score (nSPS) is 12.8. The first-order valence-electron chi connectivity index (χ1n) is 6.87. The molecule has 0 aliphatic rings. The van der Waals surface area contributed by atoms with Gasteiger partial charge in [0.05, 0.1) is 26.7 Å². The molecule has 0 fully saturated rings. The third kappa shape index (κ3) is 3.64. The van der Waals surface area contributed by atoms with Crippen LogP contribution in [0.25, 0.3) is 0 Å². The molecule has 2 rings (SSSR count). The number of nitrogens with one attached hydrogen (secondary N) is 1. The number of halogens is 2. The van der Waals surface area contributed by atoms with E-state index in [4.69, 9.17) is 11.6 Å². The summed E-state index contributed by atoms with van der Waals surface area (Å²) in [6.45, 7) is 6.22. The number of aromatic nitrogens is 2. The van der Waals surface area contributed by atoms with Crippen LogP contribution in [0.5, 0.6) is 0 Å². The molecule has 3 nitrogen and oxygen atoms in total. The fourth-order valence-electron chi connectivity index (χ4n) is 2.15. The van der Waals surface area contributed by atoms with Gasteiger partial charge in [-0.05, 0) is 47.4 Å². The molecule has 0 aliphatic heterocycles. The predicted octanol–water partition coefficient (Wildman–Crippen LogP) is 4.86. The number of rotatable bonds is 7. The van der Waals surface area contributed by atoms with Crippen molar-refractivity contribution in [3.8, 4) is 0 Å². The second kappa shape index (κ2) is 7.59. The maximum atomic E-state index is 6.10. The molecule has 1 N–H and O–H groups in total. The van der Waals surface area contributed by atoms with Gasteiger partial charge < -0.3 is 5.32 Å². The van der Waals surface area contributed by atoms with Gasteiger partial charge in [-0.25, -0.2) is 0 Å². The van der Waals surface area contributed by atoms with E-state index in [2.05, 4.69) is 50.9 Å². The number of hydrogen-bond donors (Lipinski definition) is 1. The Labute approximate surface area is 137 Å². The number of nitrogens with zero attached hydrogens (tertiary/aromatic N) is 2. The lowest BCUT2D eigenvalue weighted by Gasteiger charge is -2.19. The van der Waals surface area contributed by atoms with E-state index >= 15 is 0 Å². The Kier molecular flexibility index (Phi) is 6.08. The molecule has 0 spiro atoms. The van der Waals surface area contributed by atoms with Gasteiger partial charge >= 0.3 is 0 Å². The van der Waals surface area contributed by atoms with Crippen molar-refractivity contribution in [3.63, 3.8) is 0 Å². The lowest BCUT2D eigenvalue weighted by atomic mass is 10.1. The van der Waals surface area contributed by atoms with Gasteiger partial charge in [-0.2, -0.15) is 5.10 Å². The summed E-state index contributed by atoms with van der Waals surface area (Å²) in [6, 6.07) is 4.18. The highest BCUT2D eigenvalue weighted by Gasteiger charge is 2.22. The van der Waals surface area contributed by atoms with Crippen LogP contribution in [0.4, 0.5) is 0 Å². The standard InChI is InChI=1S/C14H19BrClN3S/c1-3-7-17-13(11-5-6-12(16)20-11)14-10(15)9-18-19(14)8-4-2/h5-6,9,13,17H,3-4,7-8H2,1-2H3. The molecule has 0 amide bonds. The monoisotopic (exact) mass is 375 g/mol. The molecule has 6 heteroatoms. The Bertz CT molecular complexity index is 552. The van der Waals surface area contributed by atoms with Gasteiger partial charge in [-0.1, -0.05) is 25.4 Å². The summed E-state index contributed by atoms with van der Waals surface area (Å²) >= 11 is 11.4. The Morgan fingerprint density at radius 3 is 2.80 bits per heavy atom. The average Bonchev–Trinajstić information content (AvgIpc) is 3.00. The molecule has 1 atom stereocenters. The largest absolute Gasteiger partial charge is 0.304 e. The van der Waals surface area contributed by atoms with Gasteiger partial charge in [0.2, 0.25) is 0 Å². The fraction of sp³-hybridized carbons (Fsp3) is 0.500. The van der Waals surface area contributed by atoms with E-state index in [1.807, 2.05) is 12.3 Å². The van der Waals surface area contributed by atoms with Crippen LogP contribution in [0.3, 0.4) is 0 Å². The molecule has 2 aromatic rings. The van der Waals surface area contributed by atoms with E-state index in [1.165, 1.54) is 10.6 Å². The van der Waals surface area contributed by atoms with E-state index in [0.717, 1.165) is 34.7 Å². The summed E-state index contributed by atoms with van der Waals surface area (Å²) in [7, 11) is 0. The van der Waals surface area contributed by atoms with E-state index < -0.39 is 0 Å². The summed E-state index contributed by atoms with van der Waals surface area (Å²) in [4.78, 5) is 1.22. The Morgan fingerprint density at radius 2 is 2.20 bits per heavy atom. The molecule has 2 aromatic heterocycles. The molecule has 0 bridgehead atoms. The Balaban J connectivity index is 2.37. The maximum Gasteiger partial charge on any atom is 0.0931 e. The molecule has 2 heterocycles. The third-order valence-electron chi connectivity index (χ3n) is 3.02. The molecular formula is C14H19BrClN3S. The van der Waals surface area contributed by atoms with E-state index in [1.54, 1.807) is 11.3 Å². The molecule has 0 aliphatic carbocycles. The summed E-state index contributed by atoms with van der Waals surface area (Å²) in [5, 5.41) is 8.07. The van der Waals surface area contributed by atoms with Gasteiger partial charge in [0.25, 0.3) is 0 Å². The first-order valence-corrected chi connectivity index (χ1v) is 8.85. The van der Waals surface area contributed by atoms with Crippen LogP contribution in [-0.2, 0) is 6.54 Å². The van der Waals surface area contributed by atoms with Crippen LogP contribution in [0.1, 0.15) is 43.3 Å². The minimum Gasteiger partial charge on any atom is -0.304 e.